The third-order valence-corrected chi connectivity index (χ3v) is 5.62. The molecule has 1 N–H and O–H groups in total. The molecule has 2 aromatic carbocycles. The highest BCUT2D eigenvalue weighted by Crippen LogP contribution is 2.43. The number of carbonyl (C=O) groups is 2. The van der Waals surface area contributed by atoms with Gasteiger partial charge in [0.15, 0.2) is 0 Å². The van der Waals surface area contributed by atoms with Crippen LogP contribution in [0.2, 0.25) is 0 Å². The fourth-order valence-electron chi connectivity index (χ4n) is 3.07. The van der Waals surface area contributed by atoms with Crippen molar-refractivity contribution < 1.29 is 14.0 Å². The van der Waals surface area contributed by atoms with Crippen LogP contribution in [0.1, 0.15) is 36.4 Å². The molecule has 1 saturated heterocycles. The van der Waals surface area contributed by atoms with E-state index in [9.17, 15) is 14.0 Å². The Balaban J connectivity index is 1.96. The molecule has 27 heavy (non-hydrogen) atoms. The van der Waals surface area contributed by atoms with Crippen molar-refractivity contribution in [2.45, 2.75) is 25.3 Å². The first-order valence-corrected chi connectivity index (χ1v) is 10.0. The number of rotatable bonds is 6. The highest BCUT2D eigenvalue weighted by atomic mass is 32.2. The van der Waals surface area contributed by atoms with Crippen molar-refractivity contribution in [3.05, 3.63) is 71.5 Å². The molecule has 0 aliphatic carbocycles. The number of carbonyl (C=O) groups excluding carboxylic acids is 2. The summed E-state index contributed by atoms with van der Waals surface area (Å²) in [5.74, 6) is -0.0143. The number of amides is 2. The zero-order valence-corrected chi connectivity index (χ0v) is 16.2. The van der Waals surface area contributed by atoms with Gasteiger partial charge in [-0.1, -0.05) is 56.3 Å². The Kier molecular flexibility index (Phi) is 6.16. The van der Waals surface area contributed by atoms with Crippen molar-refractivity contribution in [1.29, 1.82) is 0 Å². The van der Waals surface area contributed by atoms with Gasteiger partial charge in [-0.2, -0.15) is 0 Å². The predicted molar refractivity (Wildman–Crippen MR) is 105 cm³/mol. The molecular weight excluding hydrogens is 363 g/mol. The molecule has 1 aliphatic heterocycles. The summed E-state index contributed by atoms with van der Waals surface area (Å²) in [4.78, 5) is 27.4. The monoisotopic (exact) mass is 386 g/mol. The second kappa shape index (κ2) is 8.57. The third-order valence-electron chi connectivity index (χ3n) is 4.39. The maximum atomic E-state index is 13.3. The Morgan fingerprint density at radius 3 is 2.48 bits per heavy atom. The Labute approximate surface area is 163 Å². The molecule has 4 nitrogen and oxygen atoms in total. The van der Waals surface area contributed by atoms with Crippen LogP contribution >= 0.6 is 11.8 Å². The van der Waals surface area contributed by atoms with E-state index < -0.39 is 6.04 Å². The van der Waals surface area contributed by atoms with Crippen LogP contribution in [0.5, 0.6) is 0 Å². The average molecular weight is 386 g/mol. The van der Waals surface area contributed by atoms with Crippen molar-refractivity contribution in [2.24, 2.45) is 5.92 Å². The van der Waals surface area contributed by atoms with Gasteiger partial charge in [0, 0.05) is 6.54 Å². The van der Waals surface area contributed by atoms with E-state index in [1.54, 1.807) is 17.0 Å². The molecule has 6 heteroatoms. The van der Waals surface area contributed by atoms with Crippen LogP contribution < -0.4 is 5.32 Å². The highest BCUT2D eigenvalue weighted by molar-refractivity contribution is 8.00. The fraction of sp³-hybridized carbons (Fsp3) is 0.333. The largest absolute Gasteiger partial charge is 0.354 e. The highest BCUT2D eigenvalue weighted by Gasteiger charge is 2.41. The van der Waals surface area contributed by atoms with Crippen LogP contribution in [0, 0.1) is 11.7 Å². The van der Waals surface area contributed by atoms with Crippen LogP contribution in [0.4, 0.5) is 4.39 Å². The number of thioether (sulfide) groups is 1. The minimum atomic E-state index is -0.720. The van der Waals surface area contributed by atoms with Crippen molar-refractivity contribution >= 4 is 23.6 Å². The van der Waals surface area contributed by atoms with E-state index in [1.165, 1.54) is 23.9 Å². The lowest BCUT2D eigenvalue weighted by molar-refractivity contribution is -0.139. The van der Waals surface area contributed by atoms with Crippen LogP contribution in [0.25, 0.3) is 0 Å². The minimum Gasteiger partial charge on any atom is -0.354 e. The summed E-state index contributed by atoms with van der Waals surface area (Å²) >= 11 is 1.46. The first-order chi connectivity index (χ1) is 13.0. The van der Waals surface area contributed by atoms with E-state index in [4.69, 9.17) is 0 Å². The molecule has 2 amide bonds. The summed E-state index contributed by atoms with van der Waals surface area (Å²) in [6.45, 7) is 4.59. The summed E-state index contributed by atoms with van der Waals surface area (Å²) in [5.41, 5.74) is 1.58. The van der Waals surface area contributed by atoms with E-state index in [-0.39, 0.29) is 23.0 Å². The summed E-state index contributed by atoms with van der Waals surface area (Å²) in [7, 11) is 0. The van der Waals surface area contributed by atoms with E-state index in [1.807, 2.05) is 44.2 Å². The second-order valence-corrected chi connectivity index (χ2v) is 8.04. The minimum absolute atomic E-state index is 0.0946. The van der Waals surface area contributed by atoms with Gasteiger partial charge in [0.05, 0.1) is 5.75 Å². The predicted octanol–water partition coefficient (Wildman–Crippen LogP) is 3.91. The number of halogens is 1. The van der Waals surface area contributed by atoms with Gasteiger partial charge in [-0.25, -0.2) is 4.39 Å². The maximum absolute atomic E-state index is 13.3. The van der Waals surface area contributed by atoms with Crippen molar-refractivity contribution in [3.8, 4) is 0 Å². The van der Waals surface area contributed by atoms with E-state index in [0.29, 0.717) is 18.2 Å². The first kappa shape index (κ1) is 19.4. The molecule has 0 saturated carbocycles. The smallest absolute Gasteiger partial charge is 0.247 e. The molecule has 0 bridgehead atoms. The molecule has 0 radical (unpaired) electrons. The van der Waals surface area contributed by atoms with Crippen LogP contribution in [-0.2, 0) is 9.59 Å². The summed E-state index contributed by atoms with van der Waals surface area (Å²) in [6.07, 6.45) is 0. The standard InChI is InChI=1S/C21H23FN2O2S/c1-14(2)12-23-20(26)19(15-6-4-3-5-7-15)24-18(25)13-27-21(24)16-8-10-17(22)11-9-16/h3-11,14,19,21H,12-13H2,1-2H3,(H,23,26)/t19-,21-/m1/s1. The van der Waals surface area contributed by atoms with Gasteiger partial charge < -0.3 is 10.2 Å². The van der Waals surface area contributed by atoms with E-state index >= 15 is 0 Å². The number of nitrogens with one attached hydrogen (secondary N) is 1. The summed E-state index contributed by atoms with van der Waals surface area (Å²) in [6, 6.07) is 14.7. The number of benzene rings is 2. The number of hydrogen-bond donors (Lipinski definition) is 1. The van der Waals surface area contributed by atoms with Gasteiger partial charge >= 0.3 is 0 Å². The fourth-order valence-corrected chi connectivity index (χ4v) is 4.27. The SMILES string of the molecule is CC(C)CNC(=O)[C@@H](c1ccccc1)N1C(=O)CS[C@@H]1c1ccc(F)cc1. The molecule has 2 atom stereocenters. The Bertz CT molecular complexity index is 796. The number of nitrogens with zero attached hydrogens (tertiary/aromatic N) is 1. The van der Waals surface area contributed by atoms with Gasteiger partial charge in [-0.3, -0.25) is 9.59 Å². The molecule has 3 rings (SSSR count). The van der Waals surface area contributed by atoms with Crippen molar-refractivity contribution in [3.63, 3.8) is 0 Å². The summed E-state index contributed by atoms with van der Waals surface area (Å²) in [5, 5.41) is 2.63. The third kappa shape index (κ3) is 4.50. The topological polar surface area (TPSA) is 49.4 Å². The lowest BCUT2D eigenvalue weighted by Gasteiger charge is -2.32. The molecule has 0 spiro atoms. The molecule has 0 unspecified atom stereocenters. The van der Waals surface area contributed by atoms with Gasteiger partial charge in [0.25, 0.3) is 0 Å². The Morgan fingerprint density at radius 2 is 1.85 bits per heavy atom. The van der Waals surface area contributed by atoms with Crippen LogP contribution in [0.3, 0.4) is 0 Å². The average Bonchev–Trinajstić information content (AvgIpc) is 3.03. The Morgan fingerprint density at radius 1 is 1.19 bits per heavy atom. The quantitative estimate of drug-likeness (QED) is 0.819. The van der Waals surface area contributed by atoms with Crippen LogP contribution in [0.15, 0.2) is 54.6 Å². The zero-order chi connectivity index (χ0) is 19.4. The lowest BCUT2D eigenvalue weighted by Crippen LogP contribution is -2.43. The summed E-state index contributed by atoms with van der Waals surface area (Å²) < 4.78 is 13.3. The molecule has 0 aromatic heterocycles. The van der Waals surface area contributed by atoms with E-state index in [2.05, 4.69) is 5.32 Å². The van der Waals surface area contributed by atoms with Gasteiger partial charge in [0.1, 0.15) is 17.2 Å². The van der Waals surface area contributed by atoms with Gasteiger partial charge in [0.2, 0.25) is 11.8 Å². The lowest BCUT2D eigenvalue weighted by atomic mass is 10.0. The molecule has 2 aromatic rings. The molecule has 1 fully saturated rings. The van der Waals surface area contributed by atoms with Gasteiger partial charge in [-0.05, 0) is 29.2 Å². The molecule has 142 valence electrons. The second-order valence-electron chi connectivity index (χ2n) is 6.97. The van der Waals surface area contributed by atoms with E-state index in [0.717, 1.165) is 11.1 Å². The molecule has 1 aliphatic rings. The van der Waals surface area contributed by atoms with Crippen LogP contribution in [-0.4, -0.2) is 29.0 Å². The molecular formula is C21H23FN2O2S. The maximum Gasteiger partial charge on any atom is 0.247 e. The molecule has 1 heterocycles. The van der Waals surface area contributed by atoms with Crippen molar-refractivity contribution in [2.75, 3.05) is 12.3 Å². The van der Waals surface area contributed by atoms with Crippen molar-refractivity contribution in [1.82, 2.24) is 10.2 Å². The first-order valence-electron chi connectivity index (χ1n) is 8.98. The zero-order valence-electron chi connectivity index (χ0n) is 15.4. The normalized spacial score (nSPS) is 18.0. The number of hydrogen-bond acceptors (Lipinski definition) is 3. The van der Waals surface area contributed by atoms with Gasteiger partial charge in [-0.15, -0.1) is 11.8 Å². The Hall–Kier alpha value is -2.34.